The number of ether oxygens (including phenoxy) is 2. The molecule has 0 radical (unpaired) electrons. The van der Waals surface area contributed by atoms with E-state index in [1.165, 1.54) is 0 Å². The van der Waals surface area contributed by atoms with Gasteiger partial charge in [0.1, 0.15) is 11.6 Å². The van der Waals surface area contributed by atoms with Crippen LogP contribution in [0.4, 0.5) is 26.3 Å². The molecular weight excluding hydrogens is 510 g/mol. The van der Waals surface area contributed by atoms with Crippen LogP contribution in [0.15, 0.2) is 54.9 Å². The number of benzene rings is 3. The van der Waals surface area contributed by atoms with E-state index in [1.54, 1.807) is 30.6 Å². The number of aryl methyl sites for hydroxylation is 4. The lowest BCUT2D eigenvalue weighted by molar-refractivity contribution is -0.276. The summed E-state index contributed by atoms with van der Waals surface area (Å²) in [5, 5.41) is 1.09. The van der Waals surface area contributed by atoms with Gasteiger partial charge in [-0.25, -0.2) is 23.1 Å². The Morgan fingerprint density at radius 1 is 0.789 bits per heavy atom. The first-order valence-corrected chi connectivity index (χ1v) is 12.0. The maximum Gasteiger partial charge on any atom is 0.573 e. The first kappa shape index (κ1) is 27.2. The number of nitrogens with zero attached hydrogens (tertiary/aromatic N) is 2. The number of halogens is 6. The van der Waals surface area contributed by atoms with Crippen LogP contribution < -0.4 is 9.47 Å². The van der Waals surface area contributed by atoms with Gasteiger partial charge in [-0.05, 0) is 59.9 Å². The van der Waals surface area contributed by atoms with Crippen LogP contribution in [-0.4, -0.2) is 22.9 Å². The summed E-state index contributed by atoms with van der Waals surface area (Å²) in [6, 6.07) is 10.2. The van der Waals surface area contributed by atoms with E-state index in [2.05, 4.69) is 14.7 Å². The Kier molecular flexibility index (Phi) is 8.38. The maximum atomic E-state index is 15.2. The minimum Gasteiger partial charge on any atom is -0.490 e. The fourth-order valence-electron chi connectivity index (χ4n) is 4.01. The molecule has 1 aromatic heterocycles. The molecule has 0 saturated heterocycles. The van der Waals surface area contributed by atoms with Crippen LogP contribution in [0, 0.1) is 17.5 Å². The van der Waals surface area contributed by atoms with Crippen molar-refractivity contribution in [1.29, 1.82) is 0 Å². The van der Waals surface area contributed by atoms with Crippen molar-refractivity contribution in [3.63, 3.8) is 0 Å². The second kappa shape index (κ2) is 11.7. The SMILES string of the molecule is CCCOc1cnc(CCc2ccc3c(F)c(CCc4cc(F)c(OC(F)(F)F)c(F)c4)ccc3c2)nc1. The van der Waals surface area contributed by atoms with Crippen molar-refractivity contribution in [2.75, 3.05) is 6.61 Å². The molecule has 0 saturated carbocycles. The Bertz CT molecular complexity index is 1380. The van der Waals surface area contributed by atoms with Crippen LogP contribution in [0.1, 0.15) is 35.9 Å². The van der Waals surface area contributed by atoms with E-state index in [9.17, 15) is 22.0 Å². The van der Waals surface area contributed by atoms with Crippen LogP contribution in [0.5, 0.6) is 11.5 Å². The van der Waals surface area contributed by atoms with Crippen molar-refractivity contribution in [3.8, 4) is 11.5 Å². The van der Waals surface area contributed by atoms with Gasteiger partial charge in [-0.2, -0.15) is 0 Å². The lowest BCUT2D eigenvalue weighted by atomic mass is 9.98. The van der Waals surface area contributed by atoms with E-state index in [1.807, 2.05) is 19.1 Å². The summed E-state index contributed by atoms with van der Waals surface area (Å²) < 4.78 is 89.0. The quantitative estimate of drug-likeness (QED) is 0.200. The third-order valence-corrected chi connectivity index (χ3v) is 5.85. The van der Waals surface area contributed by atoms with E-state index < -0.39 is 29.6 Å². The van der Waals surface area contributed by atoms with Crippen molar-refractivity contribution >= 4 is 10.8 Å². The van der Waals surface area contributed by atoms with Crippen molar-refractivity contribution in [3.05, 3.63) is 94.8 Å². The molecular formula is C28H24F6N2O2. The summed E-state index contributed by atoms with van der Waals surface area (Å²) >= 11 is 0. The molecule has 38 heavy (non-hydrogen) atoms. The lowest BCUT2D eigenvalue weighted by Crippen LogP contribution is -2.19. The fraction of sp³-hybridized carbons (Fsp3) is 0.286. The topological polar surface area (TPSA) is 44.2 Å². The predicted octanol–water partition coefficient (Wildman–Crippen LogP) is 7.30. The van der Waals surface area contributed by atoms with Gasteiger partial charge in [0, 0.05) is 11.8 Å². The summed E-state index contributed by atoms with van der Waals surface area (Å²) in [5.74, 6) is -3.64. The molecule has 3 aromatic carbocycles. The highest BCUT2D eigenvalue weighted by atomic mass is 19.4. The molecule has 4 rings (SSSR count). The number of aromatic nitrogens is 2. The highest BCUT2D eigenvalue weighted by Crippen LogP contribution is 2.30. The Balaban J connectivity index is 1.41. The monoisotopic (exact) mass is 534 g/mol. The van der Waals surface area contributed by atoms with E-state index in [0.29, 0.717) is 47.4 Å². The highest BCUT2D eigenvalue weighted by molar-refractivity contribution is 5.84. The molecule has 200 valence electrons. The normalized spacial score (nSPS) is 11.7. The molecule has 0 unspecified atom stereocenters. The summed E-state index contributed by atoms with van der Waals surface area (Å²) in [4.78, 5) is 8.62. The van der Waals surface area contributed by atoms with Gasteiger partial charge < -0.3 is 9.47 Å². The van der Waals surface area contributed by atoms with Crippen molar-refractivity contribution in [1.82, 2.24) is 9.97 Å². The van der Waals surface area contributed by atoms with Gasteiger partial charge in [-0.3, -0.25) is 0 Å². The zero-order chi connectivity index (χ0) is 27.3. The Morgan fingerprint density at radius 2 is 1.47 bits per heavy atom. The maximum absolute atomic E-state index is 15.2. The standard InChI is InChI=1S/C28H24F6N2O2/c1-2-11-37-21-15-35-25(36-16-21)10-5-17-4-9-22-20(12-17)8-7-19(26(22)31)6-3-18-13-23(29)27(24(30)14-18)38-28(32,33)34/h4,7-9,12-16H,2-3,5-6,10-11H2,1H3. The van der Waals surface area contributed by atoms with Crippen LogP contribution in [0.25, 0.3) is 10.8 Å². The number of fused-ring (bicyclic) bond motifs is 1. The average molecular weight is 535 g/mol. The lowest BCUT2D eigenvalue weighted by Gasteiger charge is -2.12. The van der Waals surface area contributed by atoms with Crippen molar-refractivity contribution in [2.24, 2.45) is 0 Å². The molecule has 0 N–H and O–H groups in total. The van der Waals surface area contributed by atoms with Crippen LogP contribution in [0.2, 0.25) is 0 Å². The Hall–Kier alpha value is -3.82. The van der Waals surface area contributed by atoms with Gasteiger partial charge in [-0.15, -0.1) is 13.2 Å². The van der Waals surface area contributed by atoms with E-state index in [4.69, 9.17) is 4.74 Å². The third kappa shape index (κ3) is 6.93. The van der Waals surface area contributed by atoms with Crippen molar-refractivity contribution < 1.29 is 35.8 Å². The van der Waals surface area contributed by atoms with Crippen LogP contribution in [0.3, 0.4) is 0 Å². The van der Waals surface area contributed by atoms with Gasteiger partial charge >= 0.3 is 6.36 Å². The first-order valence-electron chi connectivity index (χ1n) is 12.0. The highest BCUT2D eigenvalue weighted by Gasteiger charge is 2.34. The summed E-state index contributed by atoms with van der Waals surface area (Å²) in [6.45, 7) is 2.61. The number of hydrogen-bond acceptors (Lipinski definition) is 4. The predicted molar refractivity (Wildman–Crippen MR) is 130 cm³/mol. The first-order chi connectivity index (χ1) is 18.1. The summed E-state index contributed by atoms with van der Waals surface area (Å²) in [5.41, 5.74) is 1.38. The van der Waals surface area contributed by atoms with Crippen molar-refractivity contribution in [2.45, 2.75) is 45.4 Å². The molecule has 0 fully saturated rings. The van der Waals surface area contributed by atoms with Gasteiger partial charge in [0.15, 0.2) is 17.4 Å². The Morgan fingerprint density at radius 3 is 2.13 bits per heavy atom. The third-order valence-electron chi connectivity index (χ3n) is 5.85. The molecule has 4 nitrogen and oxygen atoms in total. The number of rotatable bonds is 10. The molecule has 1 heterocycles. The van der Waals surface area contributed by atoms with E-state index in [0.717, 1.165) is 24.1 Å². The second-order valence-electron chi connectivity index (χ2n) is 8.71. The molecule has 0 aliphatic heterocycles. The number of hydrogen-bond donors (Lipinski definition) is 0. The molecule has 0 aliphatic carbocycles. The molecule has 4 aromatic rings. The molecule has 0 bridgehead atoms. The molecule has 0 atom stereocenters. The van der Waals surface area contributed by atoms with Gasteiger partial charge in [0.25, 0.3) is 0 Å². The minimum atomic E-state index is -5.22. The molecule has 0 aliphatic rings. The van der Waals surface area contributed by atoms with Gasteiger partial charge in [0.05, 0.1) is 19.0 Å². The molecule has 10 heteroatoms. The zero-order valence-electron chi connectivity index (χ0n) is 20.4. The summed E-state index contributed by atoms with van der Waals surface area (Å²) in [6.07, 6.45) is 0.315. The molecule has 0 amide bonds. The second-order valence-corrected chi connectivity index (χ2v) is 8.71. The van der Waals surface area contributed by atoms with E-state index in [-0.39, 0.29) is 18.4 Å². The summed E-state index contributed by atoms with van der Waals surface area (Å²) in [7, 11) is 0. The largest absolute Gasteiger partial charge is 0.573 e. The fourth-order valence-corrected chi connectivity index (χ4v) is 4.01. The molecule has 0 spiro atoms. The average Bonchev–Trinajstić information content (AvgIpc) is 2.88. The van der Waals surface area contributed by atoms with Crippen LogP contribution >= 0.6 is 0 Å². The van der Waals surface area contributed by atoms with Gasteiger partial charge in [0.2, 0.25) is 5.75 Å². The zero-order valence-corrected chi connectivity index (χ0v) is 20.4. The smallest absolute Gasteiger partial charge is 0.490 e. The minimum absolute atomic E-state index is 0.0168. The van der Waals surface area contributed by atoms with E-state index >= 15 is 4.39 Å². The number of alkyl halides is 3. The Labute approximate surface area is 215 Å². The van der Waals surface area contributed by atoms with Crippen LogP contribution in [-0.2, 0) is 25.7 Å². The van der Waals surface area contributed by atoms with Gasteiger partial charge in [-0.1, -0.05) is 37.3 Å².